The van der Waals surface area contributed by atoms with E-state index in [1.54, 1.807) is 6.33 Å². The lowest BCUT2D eigenvalue weighted by Crippen LogP contribution is -2.48. The van der Waals surface area contributed by atoms with Crippen molar-refractivity contribution < 1.29 is 9.53 Å². The molecule has 0 bridgehead atoms. The average molecular weight is 278 g/mol. The van der Waals surface area contributed by atoms with Crippen molar-refractivity contribution >= 4 is 11.8 Å². The van der Waals surface area contributed by atoms with Crippen LogP contribution in [0.1, 0.15) is 19.4 Å². The zero-order valence-electron chi connectivity index (χ0n) is 12.2. The summed E-state index contributed by atoms with van der Waals surface area (Å²) in [6, 6.07) is 0. The molecule has 6 heteroatoms. The molecule has 1 fully saturated rings. The molecule has 0 amide bonds. The lowest BCUT2D eigenvalue weighted by atomic mass is 10.2. The molecule has 0 N–H and O–H groups in total. The highest BCUT2D eigenvalue weighted by Crippen LogP contribution is 2.18. The van der Waals surface area contributed by atoms with Crippen LogP contribution in [-0.2, 0) is 16.0 Å². The molecule has 0 radical (unpaired) electrons. The largest absolute Gasteiger partial charge is 0.465 e. The maximum Gasteiger partial charge on any atom is 0.320 e. The molecule has 1 saturated heterocycles. The highest BCUT2D eigenvalue weighted by Gasteiger charge is 2.21. The van der Waals surface area contributed by atoms with Crippen molar-refractivity contribution in [3.05, 3.63) is 18.1 Å². The zero-order valence-corrected chi connectivity index (χ0v) is 12.2. The van der Waals surface area contributed by atoms with E-state index in [0.717, 1.165) is 38.4 Å². The van der Waals surface area contributed by atoms with Crippen LogP contribution in [-0.4, -0.2) is 60.2 Å². The first-order chi connectivity index (χ1) is 9.74. The summed E-state index contributed by atoms with van der Waals surface area (Å²) in [5.74, 6) is 0.885. The van der Waals surface area contributed by atoms with E-state index in [4.69, 9.17) is 4.74 Å². The van der Waals surface area contributed by atoms with Crippen molar-refractivity contribution in [2.24, 2.45) is 0 Å². The second-order valence-electron chi connectivity index (χ2n) is 4.79. The predicted octanol–water partition coefficient (Wildman–Crippen LogP) is 0.724. The monoisotopic (exact) mass is 278 g/mol. The predicted molar refractivity (Wildman–Crippen MR) is 76.7 cm³/mol. The number of anilines is 1. The van der Waals surface area contributed by atoms with Gasteiger partial charge in [0.2, 0.25) is 0 Å². The average Bonchev–Trinajstić information content (AvgIpc) is 2.48. The van der Waals surface area contributed by atoms with Gasteiger partial charge in [-0.05, 0) is 13.3 Å². The van der Waals surface area contributed by atoms with Gasteiger partial charge in [-0.1, -0.05) is 6.92 Å². The fourth-order valence-electron chi connectivity index (χ4n) is 2.39. The molecule has 1 aliphatic rings. The van der Waals surface area contributed by atoms with Crippen LogP contribution in [0, 0.1) is 0 Å². The van der Waals surface area contributed by atoms with Crippen molar-refractivity contribution in [2.45, 2.75) is 20.3 Å². The normalized spacial score (nSPS) is 16.2. The number of hydrogen-bond donors (Lipinski definition) is 0. The van der Waals surface area contributed by atoms with E-state index >= 15 is 0 Å². The van der Waals surface area contributed by atoms with E-state index in [-0.39, 0.29) is 5.97 Å². The highest BCUT2D eigenvalue weighted by atomic mass is 16.5. The van der Waals surface area contributed by atoms with Gasteiger partial charge >= 0.3 is 5.97 Å². The number of ether oxygens (including phenoxy) is 1. The molecule has 6 nitrogen and oxygen atoms in total. The van der Waals surface area contributed by atoms with Gasteiger partial charge in [0.15, 0.2) is 0 Å². The van der Waals surface area contributed by atoms with E-state index in [1.807, 2.05) is 13.1 Å². The van der Waals surface area contributed by atoms with Crippen LogP contribution in [0.3, 0.4) is 0 Å². The molecule has 1 aliphatic heterocycles. The maximum absolute atomic E-state index is 11.5. The third kappa shape index (κ3) is 3.66. The van der Waals surface area contributed by atoms with Crippen molar-refractivity contribution in [1.29, 1.82) is 0 Å². The van der Waals surface area contributed by atoms with Gasteiger partial charge in [0, 0.05) is 37.9 Å². The minimum absolute atomic E-state index is 0.141. The lowest BCUT2D eigenvalue weighted by molar-refractivity contribution is -0.144. The van der Waals surface area contributed by atoms with E-state index in [9.17, 15) is 4.79 Å². The first-order valence-electron chi connectivity index (χ1n) is 7.16. The molecule has 2 heterocycles. The lowest BCUT2D eigenvalue weighted by Gasteiger charge is -2.35. The molecule has 0 aromatic carbocycles. The summed E-state index contributed by atoms with van der Waals surface area (Å²) in [7, 11) is 0. The minimum atomic E-state index is -0.141. The maximum atomic E-state index is 11.5. The zero-order chi connectivity index (χ0) is 14.4. The van der Waals surface area contributed by atoms with Gasteiger partial charge < -0.3 is 9.64 Å². The van der Waals surface area contributed by atoms with Crippen LogP contribution in [0.4, 0.5) is 5.82 Å². The summed E-state index contributed by atoms with van der Waals surface area (Å²) in [6.07, 6.45) is 4.41. The summed E-state index contributed by atoms with van der Waals surface area (Å²) in [4.78, 5) is 24.3. The summed E-state index contributed by atoms with van der Waals surface area (Å²) in [5.41, 5.74) is 1.17. The molecule has 110 valence electrons. The van der Waals surface area contributed by atoms with E-state index in [0.29, 0.717) is 13.2 Å². The Kier molecular flexibility index (Phi) is 5.29. The third-order valence-electron chi connectivity index (χ3n) is 3.48. The Labute approximate surface area is 119 Å². The Balaban J connectivity index is 1.89. The van der Waals surface area contributed by atoms with Crippen LogP contribution in [0.2, 0.25) is 0 Å². The SMILES string of the molecule is CCOC(=O)CN1CCN(c2ncncc2CC)CC1. The molecule has 0 saturated carbocycles. The molecular weight excluding hydrogens is 256 g/mol. The topological polar surface area (TPSA) is 58.6 Å². The summed E-state index contributed by atoms with van der Waals surface area (Å²) >= 11 is 0. The fraction of sp³-hybridized carbons (Fsp3) is 0.643. The van der Waals surface area contributed by atoms with Crippen molar-refractivity contribution in [3.8, 4) is 0 Å². The number of rotatable bonds is 5. The number of aryl methyl sites for hydroxylation is 1. The molecule has 2 rings (SSSR count). The summed E-state index contributed by atoms with van der Waals surface area (Å²) in [5, 5.41) is 0. The Morgan fingerprint density at radius 2 is 2.05 bits per heavy atom. The van der Waals surface area contributed by atoms with Gasteiger partial charge in [-0.2, -0.15) is 0 Å². The van der Waals surface area contributed by atoms with E-state index in [1.165, 1.54) is 5.56 Å². The molecule has 0 unspecified atom stereocenters. The molecular formula is C14H22N4O2. The molecule has 20 heavy (non-hydrogen) atoms. The summed E-state index contributed by atoms with van der Waals surface area (Å²) in [6.45, 7) is 8.23. The van der Waals surface area contributed by atoms with Gasteiger partial charge in [-0.25, -0.2) is 9.97 Å². The van der Waals surface area contributed by atoms with Crippen LogP contribution < -0.4 is 4.90 Å². The van der Waals surface area contributed by atoms with Crippen molar-refractivity contribution in [2.75, 3.05) is 44.2 Å². The number of esters is 1. The quantitative estimate of drug-likeness (QED) is 0.740. The fourth-order valence-corrected chi connectivity index (χ4v) is 2.39. The van der Waals surface area contributed by atoms with Crippen molar-refractivity contribution in [1.82, 2.24) is 14.9 Å². The second-order valence-corrected chi connectivity index (χ2v) is 4.79. The number of carbonyl (C=O) groups is 1. The minimum Gasteiger partial charge on any atom is -0.465 e. The Morgan fingerprint density at radius 1 is 1.30 bits per heavy atom. The molecule has 0 aliphatic carbocycles. The Bertz CT molecular complexity index is 445. The van der Waals surface area contributed by atoms with Crippen LogP contribution in [0.15, 0.2) is 12.5 Å². The molecule has 1 aromatic rings. The molecule has 0 spiro atoms. The Hall–Kier alpha value is -1.69. The number of nitrogens with zero attached hydrogens (tertiary/aromatic N) is 4. The molecule has 0 atom stereocenters. The number of piperazine rings is 1. The van der Waals surface area contributed by atoms with E-state index < -0.39 is 0 Å². The van der Waals surface area contributed by atoms with Crippen LogP contribution in [0.5, 0.6) is 0 Å². The standard InChI is InChI=1S/C14H22N4O2/c1-3-12-9-15-11-16-14(12)18-7-5-17(6-8-18)10-13(19)20-4-2/h9,11H,3-8,10H2,1-2H3. The van der Waals surface area contributed by atoms with Gasteiger partial charge in [0.25, 0.3) is 0 Å². The number of aromatic nitrogens is 2. The van der Waals surface area contributed by atoms with Crippen LogP contribution in [0.25, 0.3) is 0 Å². The van der Waals surface area contributed by atoms with Crippen molar-refractivity contribution in [3.63, 3.8) is 0 Å². The van der Waals surface area contributed by atoms with Gasteiger partial charge in [0.1, 0.15) is 12.1 Å². The van der Waals surface area contributed by atoms with Gasteiger partial charge in [-0.15, -0.1) is 0 Å². The number of hydrogen-bond acceptors (Lipinski definition) is 6. The van der Waals surface area contributed by atoms with E-state index in [2.05, 4.69) is 26.7 Å². The Morgan fingerprint density at radius 3 is 2.70 bits per heavy atom. The first-order valence-corrected chi connectivity index (χ1v) is 7.16. The molecule has 1 aromatic heterocycles. The smallest absolute Gasteiger partial charge is 0.320 e. The first kappa shape index (κ1) is 14.7. The third-order valence-corrected chi connectivity index (χ3v) is 3.48. The van der Waals surface area contributed by atoms with Gasteiger partial charge in [-0.3, -0.25) is 9.69 Å². The van der Waals surface area contributed by atoms with Gasteiger partial charge in [0.05, 0.1) is 13.2 Å². The summed E-state index contributed by atoms with van der Waals surface area (Å²) < 4.78 is 4.98. The number of carbonyl (C=O) groups excluding carboxylic acids is 1. The van der Waals surface area contributed by atoms with Crippen LogP contribution >= 0.6 is 0 Å². The second kappa shape index (κ2) is 7.19. The highest BCUT2D eigenvalue weighted by molar-refractivity contribution is 5.71.